The summed E-state index contributed by atoms with van der Waals surface area (Å²) in [6.45, 7) is 9.31. The molecule has 2 aromatic carbocycles. The molecule has 0 aliphatic heterocycles. The minimum Gasteiger partial charge on any atom is -0.465 e. The number of nitrogens with one attached hydrogen (secondary N) is 1. The van der Waals surface area contributed by atoms with Crippen LogP contribution in [0, 0.1) is 17.2 Å². The summed E-state index contributed by atoms with van der Waals surface area (Å²) in [5.74, 6) is -1.74. The number of nitriles is 1. The Bertz CT molecular complexity index is 868. The van der Waals surface area contributed by atoms with E-state index in [0.717, 1.165) is 0 Å². The van der Waals surface area contributed by atoms with Crippen molar-refractivity contribution < 1.29 is 14.0 Å². The zero-order chi connectivity index (χ0) is 22.9. The second-order valence-electron chi connectivity index (χ2n) is 8.12. The largest absolute Gasteiger partial charge is 0.465 e. The first-order valence-corrected chi connectivity index (χ1v) is 12.7. The third-order valence-corrected chi connectivity index (χ3v) is 10.5. The maximum Gasteiger partial charge on any atom is 0.330 e. The van der Waals surface area contributed by atoms with Crippen LogP contribution < -0.4 is 15.7 Å². The molecular weight excluding hydrogens is 424 g/mol. The molecule has 7 heteroatoms. The van der Waals surface area contributed by atoms with Crippen LogP contribution in [-0.4, -0.2) is 39.0 Å². The number of hydrogen-bond acceptors (Lipinski definition) is 5. The quantitative estimate of drug-likeness (QED) is 0.272. The lowest BCUT2D eigenvalue weighted by molar-refractivity contribution is -0.143. The molecule has 31 heavy (non-hydrogen) atoms. The monoisotopic (exact) mass is 454 g/mol. The molecule has 0 amide bonds. The van der Waals surface area contributed by atoms with Gasteiger partial charge in [-0.15, -0.1) is 0 Å². The number of nitrogens with zero attached hydrogens (tertiary/aromatic N) is 1. The summed E-state index contributed by atoms with van der Waals surface area (Å²) in [6.07, 6.45) is 0. The van der Waals surface area contributed by atoms with Crippen molar-refractivity contribution in [2.45, 2.75) is 32.7 Å². The molecule has 2 rings (SSSR count). The normalized spacial score (nSPS) is 12.5. The van der Waals surface area contributed by atoms with E-state index in [1.54, 1.807) is 6.92 Å². The number of carbonyl (C=O) groups is 1. The van der Waals surface area contributed by atoms with Gasteiger partial charge in [0.25, 0.3) is 8.32 Å². The van der Waals surface area contributed by atoms with E-state index < -0.39 is 20.2 Å². The van der Waals surface area contributed by atoms with Crippen LogP contribution in [0.4, 0.5) is 0 Å². The van der Waals surface area contributed by atoms with Gasteiger partial charge in [0.2, 0.25) is 0 Å². The van der Waals surface area contributed by atoms with Gasteiger partial charge in [-0.1, -0.05) is 93.7 Å². The van der Waals surface area contributed by atoms with E-state index in [1.807, 2.05) is 42.5 Å². The fraction of sp³-hybridized carbons (Fsp3) is 0.375. The zero-order valence-electron chi connectivity index (χ0n) is 18.6. The Hall–Kier alpha value is -2.53. The van der Waals surface area contributed by atoms with Crippen LogP contribution in [0.15, 0.2) is 60.7 Å². The van der Waals surface area contributed by atoms with Crippen molar-refractivity contribution in [1.82, 2.24) is 5.32 Å². The summed E-state index contributed by atoms with van der Waals surface area (Å²) in [7, 11) is -2.63. The van der Waals surface area contributed by atoms with Gasteiger partial charge in [0.05, 0.1) is 19.3 Å². The third-order valence-electron chi connectivity index (χ3n) is 5.05. The number of benzene rings is 2. The van der Waals surface area contributed by atoms with Crippen molar-refractivity contribution in [1.29, 1.82) is 5.26 Å². The van der Waals surface area contributed by atoms with E-state index in [1.165, 1.54) is 10.4 Å². The SMILES string of the molecule is CCOC(=O)C(C#N)C(=S)NCCO[Si](c1ccccc1)(c1ccccc1)C(C)(C)C. The molecule has 5 nitrogen and oxygen atoms in total. The highest BCUT2D eigenvalue weighted by molar-refractivity contribution is 7.80. The highest BCUT2D eigenvalue weighted by atomic mass is 32.1. The Balaban J connectivity index is 2.23. The second-order valence-corrected chi connectivity index (χ2v) is 12.9. The van der Waals surface area contributed by atoms with Gasteiger partial charge < -0.3 is 14.5 Å². The molecule has 0 heterocycles. The van der Waals surface area contributed by atoms with E-state index in [2.05, 4.69) is 50.4 Å². The number of carbonyl (C=O) groups excluding carboxylic acids is 1. The van der Waals surface area contributed by atoms with Gasteiger partial charge in [0.1, 0.15) is 4.99 Å². The highest BCUT2D eigenvalue weighted by Gasteiger charge is 2.50. The Morgan fingerprint density at radius 2 is 1.61 bits per heavy atom. The van der Waals surface area contributed by atoms with Gasteiger partial charge in [-0.05, 0) is 22.3 Å². The Morgan fingerprint density at radius 3 is 2.03 bits per heavy atom. The van der Waals surface area contributed by atoms with Gasteiger partial charge in [0, 0.05) is 6.54 Å². The fourth-order valence-corrected chi connectivity index (χ4v) is 8.50. The number of hydrogen-bond donors (Lipinski definition) is 1. The molecule has 164 valence electrons. The number of thiocarbonyl (C=S) groups is 1. The molecule has 0 saturated carbocycles. The van der Waals surface area contributed by atoms with Crippen LogP contribution in [0.25, 0.3) is 0 Å². The van der Waals surface area contributed by atoms with E-state index in [0.29, 0.717) is 13.2 Å². The Kier molecular flexibility index (Phi) is 8.93. The Morgan fingerprint density at radius 1 is 1.10 bits per heavy atom. The predicted molar refractivity (Wildman–Crippen MR) is 130 cm³/mol. The van der Waals surface area contributed by atoms with Crippen molar-refractivity contribution in [2.75, 3.05) is 19.8 Å². The van der Waals surface area contributed by atoms with Crippen LogP contribution in [0.3, 0.4) is 0 Å². The lowest BCUT2D eigenvalue weighted by atomic mass is 10.2. The first-order valence-electron chi connectivity index (χ1n) is 10.4. The molecule has 0 radical (unpaired) electrons. The van der Waals surface area contributed by atoms with Gasteiger partial charge in [-0.25, -0.2) is 0 Å². The molecule has 0 spiro atoms. The second kappa shape index (κ2) is 11.2. The number of esters is 1. The molecule has 1 atom stereocenters. The molecule has 0 fully saturated rings. The topological polar surface area (TPSA) is 71.4 Å². The average Bonchev–Trinajstić information content (AvgIpc) is 2.75. The van der Waals surface area contributed by atoms with Crippen molar-refractivity contribution in [3.05, 3.63) is 60.7 Å². The summed E-state index contributed by atoms with van der Waals surface area (Å²) in [5.41, 5.74) is 0. The summed E-state index contributed by atoms with van der Waals surface area (Å²) in [4.78, 5) is 12.1. The van der Waals surface area contributed by atoms with Crippen LogP contribution >= 0.6 is 12.2 Å². The fourth-order valence-electron chi connectivity index (χ4n) is 3.69. The predicted octanol–water partition coefficient (Wildman–Crippen LogP) is 3.18. The molecular formula is C24H30N2O3SSi. The molecule has 1 N–H and O–H groups in total. The minimum absolute atomic E-state index is 0.129. The first-order chi connectivity index (χ1) is 14.8. The molecule has 0 aromatic heterocycles. The van der Waals surface area contributed by atoms with Crippen molar-refractivity contribution >= 4 is 41.9 Å². The van der Waals surface area contributed by atoms with Crippen LogP contribution in [0.1, 0.15) is 27.7 Å². The van der Waals surface area contributed by atoms with E-state index in [-0.39, 0.29) is 16.6 Å². The molecule has 0 aliphatic rings. The summed E-state index contributed by atoms with van der Waals surface area (Å²) >= 11 is 5.25. The molecule has 1 unspecified atom stereocenters. The maximum absolute atomic E-state index is 11.9. The highest BCUT2D eigenvalue weighted by Crippen LogP contribution is 2.36. The van der Waals surface area contributed by atoms with Crippen LogP contribution in [0.5, 0.6) is 0 Å². The van der Waals surface area contributed by atoms with Gasteiger partial charge in [-0.3, -0.25) is 4.79 Å². The lowest BCUT2D eigenvalue weighted by Crippen LogP contribution is -2.67. The van der Waals surface area contributed by atoms with E-state index >= 15 is 0 Å². The smallest absolute Gasteiger partial charge is 0.330 e. The van der Waals surface area contributed by atoms with Crippen LogP contribution in [0.2, 0.25) is 5.04 Å². The molecule has 0 saturated heterocycles. The van der Waals surface area contributed by atoms with Gasteiger partial charge in [-0.2, -0.15) is 5.26 Å². The van der Waals surface area contributed by atoms with Gasteiger partial charge in [0.15, 0.2) is 5.92 Å². The van der Waals surface area contributed by atoms with Crippen LogP contribution in [-0.2, 0) is 14.0 Å². The van der Waals surface area contributed by atoms with Crippen molar-refractivity contribution in [3.8, 4) is 6.07 Å². The zero-order valence-corrected chi connectivity index (χ0v) is 20.4. The van der Waals surface area contributed by atoms with E-state index in [4.69, 9.17) is 21.4 Å². The van der Waals surface area contributed by atoms with E-state index in [9.17, 15) is 10.1 Å². The minimum atomic E-state index is -2.63. The first kappa shape index (κ1) is 24.7. The average molecular weight is 455 g/mol. The summed E-state index contributed by atoms with van der Waals surface area (Å²) in [6, 6.07) is 22.6. The maximum atomic E-state index is 11.9. The Labute approximate surface area is 191 Å². The molecule has 2 aromatic rings. The molecule has 0 bridgehead atoms. The summed E-state index contributed by atoms with van der Waals surface area (Å²) in [5, 5.41) is 14.5. The number of rotatable bonds is 9. The van der Waals surface area contributed by atoms with Gasteiger partial charge >= 0.3 is 5.97 Å². The standard InChI is InChI=1S/C24H30N2O3SSi/c1-5-28-23(27)21(18-25)22(30)26-16-17-29-31(24(2,3)4,19-12-8-6-9-13-19)20-14-10-7-11-15-20/h6-15,21H,5,16-17H2,1-4H3,(H,26,30). The number of ether oxygens (including phenoxy) is 1. The summed E-state index contributed by atoms with van der Waals surface area (Å²) < 4.78 is 11.7. The van der Waals surface area contributed by atoms with Crippen molar-refractivity contribution in [3.63, 3.8) is 0 Å². The lowest BCUT2D eigenvalue weighted by Gasteiger charge is -2.43. The van der Waals surface area contributed by atoms with Crippen molar-refractivity contribution in [2.24, 2.45) is 5.92 Å². The third kappa shape index (κ3) is 5.79. The molecule has 0 aliphatic carbocycles.